The molecule has 2 aromatic carbocycles. The molecule has 0 N–H and O–H groups in total. The number of ether oxygens (including phenoxy) is 1. The number of carbonyl (C=O) groups is 2. The van der Waals surface area contributed by atoms with E-state index in [1.807, 2.05) is 31.2 Å². The number of hydrogen-bond acceptors (Lipinski definition) is 3. The molecule has 1 saturated heterocycles. The van der Waals surface area contributed by atoms with E-state index < -0.39 is 5.82 Å². The Bertz CT molecular complexity index is 856. The Morgan fingerprint density at radius 2 is 1.76 bits per heavy atom. The number of hydrogen-bond donors (Lipinski definition) is 0. The number of rotatable bonds is 6. The summed E-state index contributed by atoms with van der Waals surface area (Å²) in [4.78, 5) is 28.5. The number of aryl methyl sites for hydroxylation is 1. The average Bonchev–Trinajstić information content (AvgIpc) is 2.97. The van der Waals surface area contributed by atoms with Crippen LogP contribution in [-0.2, 0) is 4.79 Å². The van der Waals surface area contributed by atoms with Gasteiger partial charge >= 0.3 is 0 Å². The second kappa shape index (κ2) is 10.0. The second-order valence-corrected chi connectivity index (χ2v) is 7.27. The van der Waals surface area contributed by atoms with Crippen LogP contribution in [0.15, 0.2) is 48.5 Å². The van der Waals surface area contributed by atoms with Crippen LogP contribution in [0.4, 0.5) is 4.39 Å². The molecule has 0 unspecified atom stereocenters. The van der Waals surface area contributed by atoms with Crippen molar-refractivity contribution in [3.63, 3.8) is 0 Å². The summed E-state index contributed by atoms with van der Waals surface area (Å²) in [7, 11) is 0. The third-order valence-electron chi connectivity index (χ3n) is 5.03. The average molecular weight is 398 g/mol. The van der Waals surface area contributed by atoms with Crippen LogP contribution in [-0.4, -0.2) is 54.4 Å². The maximum Gasteiger partial charge on any atom is 0.256 e. The topological polar surface area (TPSA) is 49.9 Å². The van der Waals surface area contributed by atoms with E-state index in [-0.39, 0.29) is 17.4 Å². The number of amides is 2. The van der Waals surface area contributed by atoms with Gasteiger partial charge in [0, 0.05) is 32.6 Å². The molecule has 2 amide bonds. The first-order valence-electron chi connectivity index (χ1n) is 10.1. The Labute approximate surface area is 171 Å². The first kappa shape index (κ1) is 20.8. The Hall–Kier alpha value is -2.89. The van der Waals surface area contributed by atoms with Crippen LogP contribution in [0.2, 0.25) is 0 Å². The molecule has 5 nitrogen and oxygen atoms in total. The van der Waals surface area contributed by atoms with Gasteiger partial charge in [-0.15, -0.1) is 0 Å². The molecule has 1 fully saturated rings. The first-order chi connectivity index (χ1) is 14.0. The Balaban J connectivity index is 1.44. The highest BCUT2D eigenvalue weighted by Crippen LogP contribution is 2.15. The lowest BCUT2D eigenvalue weighted by Crippen LogP contribution is -2.37. The second-order valence-electron chi connectivity index (χ2n) is 7.27. The lowest BCUT2D eigenvalue weighted by molar-refractivity contribution is -0.131. The van der Waals surface area contributed by atoms with Gasteiger partial charge in [-0.05, 0) is 49.6 Å². The summed E-state index contributed by atoms with van der Waals surface area (Å²) in [6, 6.07) is 13.8. The fourth-order valence-electron chi connectivity index (χ4n) is 3.45. The third kappa shape index (κ3) is 5.79. The number of nitrogens with zero attached hydrogens (tertiary/aromatic N) is 2. The van der Waals surface area contributed by atoms with E-state index in [1.165, 1.54) is 12.1 Å². The monoisotopic (exact) mass is 398 g/mol. The zero-order valence-electron chi connectivity index (χ0n) is 16.8. The van der Waals surface area contributed by atoms with Crippen molar-refractivity contribution in [1.29, 1.82) is 0 Å². The summed E-state index contributed by atoms with van der Waals surface area (Å²) in [5, 5.41) is 0. The molecule has 154 valence electrons. The Morgan fingerprint density at radius 3 is 2.55 bits per heavy atom. The molecule has 0 aliphatic carbocycles. The number of benzene rings is 2. The molecule has 1 heterocycles. The van der Waals surface area contributed by atoms with Crippen molar-refractivity contribution in [3.8, 4) is 5.75 Å². The van der Waals surface area contributed by atoms with Gasteiger partial charge in [0.15, 0.2) is 0 Å². The normalized spacial score (nSPS) is 14.4. The van der Waals surface area contributed by atoms with Gasteiger partial charge in [0.05, 0.1) is 12.2 Å². The van der Waals surface area contributed by atoms with Gasteiger partial charge in [-0.1, -0.05) is 24.3 Å². The molecule has 6 heteroatoms. The van der Waals surface area contributed by atoms with Crippen LogP contribution in [0.5, 0.6) is 5.75 Å². The molecule has 29 heavy (non-hydrogen) atoms. The zero-order valence-corrected chi connectivity index (χ0v) is 16.8. The van der Waals surface area contributed by atoms with Crippen LogP contribution in [0.25, 0.3) is 0 Å². The van der Waals surface area contributed by atoms with E-state index in [1.54, 1.807) is 21.9 Å². The van der Waals surface area contributed by atoms with Crippen LogP contribution >= 0.6 is 0 Å². The summed E-state index contributed by atoms with van der Waals surface area (Å²) in [5.41, 5.74) is 1.22. The minimum Gasteiger partial charge on any atom is -0.494 e. The highest BCUT2D eigenvalue weighted by molar-refractivity contribution is 5.94. The summed E-state index contributed by atoms with van der Waals surface area (Å²) in [5.74, 6) is 0.0554. The quantitative estimate of drug-likeness (QED) is 0.698. The van der Waals surface area contributed by atoms with Crippen molar-refractivity contribution >= 4 is 11.8 Å². The fourth-order valence-corrected chi connectivity index (χ4v) is 3.45. The lowest BCUT2D eigenvalue weighted by Gasteiger charge is -2.22. The predicted molar refractivity (Wildman–Crippen MR) is 109 cm³/mol. The minimum absolute atomic E-state index is 0.0676. The van der Waals surface area contributed by atoms with Crippen molar-refractivity contribution in [3.05, 3.63) is 65.5 Å². The minimum atomic E-state index is -0.511. The highest BCUT2D eigenvalue weighted by Gasteiger charge is 2.24. The van der Waals surface area contributed by atoms with Gasteiger partial charge in [0.25, 0.3) is 5.91 Å². The molecule has 1 aliphatic rings. The molecule has 0 radical (unpaired) electrons. The maximum atomic E-state index is 13.9. The van der Waals surface area contributed by atoms with Crippen LogP contribution in [0, 0.1) is 12.7 Å². The van der Waals surface area contributed by atoms with Crippen molar-refractivity contribution < 1.29 is 18.7 Å². The van der Waals surface area contributed by atoms with Crippen LogP contribution in [0.3, 0.4) is 0 Å². The maximum absolute atomic E-state index is 13.9. The smallest absolute Gasteiger partial charge is 0.256 e. The van der Waals surface area contributed by atoms with Crippen LogP contribution in [0.1, 0.15) is 35.2 Å². The van der Waals surface area contributed by atoms with E-state index in [4.69, 9.17) is 4.74 Å². The molecule has 3 rings (SSSR count). The van der Waals surface area contributed by atoms with Crippen molar-refractivity contribution in [2.75, 3.05) is 32.8 Å². The molecule has 0 saturated carbocycles. The zero-order chi connectivity index (χ0) is 20.6. The molecular formula is C23H27FN2O3. The van der Waals surface area contributed by atoms with Crippen molar-refractivity contribution in [2.45, 2.75) is 26.2 Å². The van der Waals surface area contributed by atoms with Gasteiger partial charge in [0.1, 0.15) is 11.6 Å². The SMILES string of the molecule is Cc1cccc(OCCCC(=O)N2CCCN(C(=O)c3ccccc3F)CC2)c1. The van der Waals surface area contributed by atoms with Gasteiger partial charge in [-0.25, -0.2) is 4.39 Å². The number of carbonyl (C=O) groups excluding carboxylic acids is 2. The van der Waals surface area contributed by atoms with Crippen molar-refractivity contribution in [2.24, 2.45) is 0 Å². The van der Waals surface area contributed by atoms with Gasteiger partial charge in [-0.2, -0.15) is 0 Å². The van der Waals surface area contributed by atoms with Crippen LogP contribution < -0.4 is 4.74 Å². The molecule has 1 aliphatic heterocycles. The standard InChI is InChI=1S/C23H27FN2O3/c1-18-7-4-8-19(17-18)29-16-5-11-22(27)25-12-6-13-26(15-14-25)23(28)20-9-2-3-10-21(20)24/h2-4,7-10,17H,5-6,11-16H2,1H3. The molecule has 0 spiro atoms. The third-order valence-corrected chi connectivity index (χ3v) is 5.03. The first-order valence-corrected chi connectivity index (χ1v) is 10.1. The fraction of sp³-hybridized carbons (Fsp3) is 0.391. The molecule has 2 aromatic rings. The predicted octanol–water partition coefficient (Wildman–Crippen LogP) is 3.67. The largest absolute Gasteiger partial charge is 0.494 e. The van der Waals surface area contributed by atoms with E-state index in [9.17, 15) is 14.0 Å². The highest BCUT2D eigenvalue weighted by atomic mass is 19.1. The Kier molecular flexibility index (Phi) is 7.22. The van der Waals surface area contributed by atoms with E-state index in [0.29, 0.717) is 52.0 Å². The molecule has 0 aromatic heterocycles. The van der Waals surface area contributed by atoms with Gasteiger partial charge in [0.2, 0.25) is 5.91 Å². The molecule has 0 atom stereocenters. The van der Waals surface area contributed by atoms with E-state index in [2.05, 4.69) is 0 Å². The van der Waals surface area contributed by atoms with Crippen molar-refractivity contribution in [1.82, 2.24) is 9.80 Å². The summed E-state index contributed by atoms with van der Waals surface area (Å²) >= 11 is 0. The van der Waals surface area contributed by atoms with E-state index >= 15 is 0 Å². The van der Waals surface area contributed by atoms with Gasteiger partial charge in [-0.3, -0.25) is 9.59 Å². The van der Waals surface area contributed by atoms with Gasteiger partial charge < -0.3 is 14.5 Å². The Morgan fingerprint density at radius 1 is 1.00 bits per heavy atom. The summed E-state index contributed by atoms with van der Waals surface area (Å²) < 4.78 is 19.6. The summed E-state index contributed by atoms with van der Waals surface area (Å²) in [6.45, 7) is 4.51. The van der Waals surface area contributed by atoms with E-state index in [0.717, 1.165) is 11.3 Å². The number of halogens is 1. The molecule has 0 bridgehead atoms. The molecular weight excluding hydrogens is 371 g/mol. The lowest BCUT2D eigenvalue weighted by atomic mass is 10.2. The summed E-state index contributed by atoms with van der Waals surface area (Å²) in [6.07, 6.45) is 1.74.